The largest absolute Gasteiger partial charge is 0.462 e. The SMILES string of the molecule is N#Cc1ccc(C(=O)c2ccc(O[C@H]3O[C@H](CO)[C@@H](O)[C@H](O)[C@H]3O)cc2)cc1. The maximum atomic E-state index is 12.5. The van der Waals surface area contributed by atoms with Crippen LogP contribution >= 0.6 is 0 Å². The van der Waals surface area contributed by atoms with E-state index in [4.69, 9.17) is 14.7 Å². The number of aliphatic hydroxyl groups excluding tert-OH is 4. The van der Waals surface area contributed by atoms with Crippen LogP contribution in [0.4, 0.5) is 0 Å². The molecular formula is C20H19NO7. The molecule has 0 bridgehead atoms. The number of nitriles is 1. The van der Waals surface area contributed by atoms with Gasteiger partial charge in [0.25, 0.3) is 0 Å². The molecule has 2 aromatic rings. The average Bonchev–Trinajstić information content (AvgIpc) is 2.74. The topological polar surface area (TPSA) is 140 Å². The molecule has 0 radical (unpaired) electrons. The second-order valence-corrected chi connectivity index (χ2v) is 6.36. The van der Waals surface area contributed by atoms with Gasteiger partial charge in [0.15, 0.2) is 5.78 Å². The Balaban J connectivity index is 1.70. The number of ether oxygens (including phenoxy) is 2. The van der Waals surface area contributed by atoms with E-state index in [2.05, 4.69) is 0 Å². The molecule has 146 valence electrons. The van der Waals surface area contributed by atoms with Crippen LogP contribution in [-0.2, 0) is 4.74 Å². The van der Waals surface area contributed by atoms with Crippen LogP contribution in [-0.4, -0.2) is 63.5 Å². The van der Waals surface area contributed by atoms with E-state index < -0.39 is 37.3 Å². The second kappa shape index (κ2) is 8.48. The first-order valence-corrected chi connectivity index (χ1v) is 8.56. The zero-order valence-corrected chi connectivity index (χ0v) is 14.7. The highest BCUT2D eigenvalue weighted by atomic mass is 16.7. The number of aliphatic hydroxyl groups is 4. The molecule has 1 fully saturated rings. The van der Waals surface area contributed by atoms with Crippen molar-refractivity contribution in [1.29, 1.82) is 5.26 Å². The molecule has 0 amide bonds. The standard InChI is InChI=1S/C20H19NO7/c21-9-11-1-3-12(4-2-11)16(23)13-5-7-14(8-6-13)27-20-19(26)18(25)17(24)15(10-22)28-20/h1-8,15,17-20,22,24-26H,10H2/t15-,17-,18+,19-,20+/m1/s1. The maximum absolute atomic E-state index is 12.5. The average molecular weight is 385 g/mol. The molecular weight excluding hydrogens is 366 g/mol. The summed E-state index contributed by atoms with van der Waals surface area (Å²) in [4.78, 5) is 12.5. The van der Waals surface area contributed by atoms with Gasteiger partial charge in [0.05, 0.1) is 18.2 Å². The van der Waals surface area contributed by atoms with E-state index in [-0.39, 0.29) is 11.5 Å². The van der Waals surface area contributed by atoms with Crippen molar-refractivity contribution < 1.29 is 34.7 Å². The van der Waals surface area contributed by atoms with Gasteiger partial charge in [-0.1, -0.05) is 0 Å². The molecule has 1 aliphatic rings. The summed E-state index contributed by atoms with van der Waals surface area (Å²) < 4.78 is 10.8. The lowest BCUT2D eigenvalue weighted by Crippen LogP contribution is -2.60. The predicted octanol–water partition coefficient (Wildman–Crippen LogP) is -0.0320. The lowest BCUT2D eigenvalue weighted by atomic mass is 9.99. The number of hydrogen-bond acceptors (Lipinski definition) is 8. The van der Waals surface area contributed by atoms with Crippen LogP contribution in [0.1, 0.15) is 21.5 Å². The van der Waals surface area contributed by atoms with E-state index in [1.165, 1.54) is 24.3 Å². The fourth-order valence-electron chi connectivity index (χ4n) is 2.85. The van der Waals surface area contributed by atoms with Crippen molar-refractivity contribution in [3.63, 3.8) is 0 Å². The Labute approximate surface area is 160 Å². The van der Waals surface area contributed by atoms with Crippen molar-refractivity contribution in [3.05, 3.63) is 65.2 Å². The van der Waals surface area contributed by atoms with Gasteiger partial charge in [0, 0.05) is 11.1 Å². The molecule has 0 spiro atoms. The number of hydrogen-bond donors (Lipinski definition) is 4. The normalized spacial score (nSPS) is 27.0. The van der Waals surface area contributed by atoms with E-state index in [0.717, 1.165) is 0 Å². The Kier molecular flexibility index (Phi) is 6.04. The summed E-state index contributed by atoms with van der Waals surface area (Å²) in [7, 11) is 0. The number of rotatable bonds is 5. The fourth-order valence-corrected chi connectivity index (χ4v) is 2.85. The number of carbonyl (C=O) groups is 1. The molecule has 3 rings (SSSR count). The smallest absolute Gasteiger partial charge is 0.229 e. The van der Waals surface area contributed by atoms with Crippen LogP contribution in [0.5, 0.6) is 5.75 Å². The van der Waals surface area contributed by atoms with Gasteiger partial charge < -0.3 is 29.9 Å². The van der Waals surface area contributed by atoms with Crippen molar-refractivity contribution >= 4 is 5.78 Å². The Morgan fingerprint density at radius 1 is 0.964 bits per heavy atom. The second-order valence-electron chi connectivity index (χ2n) is 6.36. The first kappa shape index (κ1) is 19.9. The lowest BCUT2D eigenvalue weighted by Gasteiger charge is -2.39. The van der Waals surface area contributed by atoms with E-state index in [1.807, 2.05) is 6.07 Å². The van der Waals surface area contributed by atoms with Crippen LogP contribution in [0, 0.1) is 11.3 Å². The monoisotopic (exact) mass is 385 g/mol. The Hall–Kier alpha value is -2.80. The highest BCUT2D eigenvalue weighted by Crippen LogP contribution is 2.25. The molecule has 4 N–H and O–H groups in total. The number of nitrogens with zero attached hydrogens (tertiary/aromatic N) is 1. The van der Waals surface area contributed by atoms with Gasteiger partial charge in [-0.2, -0.15) is 5.26 Å². The number of carbonyl (C=O) groups excluding carboxylic acids is 1. The van der Waals surface area contributed by atoms with Crippen LogP contribution < -0.4 is 4.74 Å². The van der Waals surface area contributed by atoms with Crippen LogP contribution in [0.15, 0.2) is 48.5 Å². The van der Waals surface area contributed by atoms with Crippen molar-refractivity contribution in [2.24, 2.45) is 0 Å². The molecule has 28 heavy (non-hydrogen) atoms. The van der Waals surface area contributed by atoms with Gasteiger partial charge >= 0.3 is 0 Å². The van der Waals surface area contributed by atoms with Crippen molar-refractivity contribution in [1.82, 2.24) is 0 Å². The van der Waals surface area contributed by atoms with Crippen LogP contribution in [0.2, 0.25) is 0 Å². The van der Waals surface area contributed by atoms with E-state index in [9.17, 15) is 25.2 Å². The summed E-state index contributed by atoms with van der Waals surface area (Å²) in [5.41, 5.74) is 1.28. The van der Waals surface area contributed by atoms with Gasteiger partial charge in [0.2, 0.25) is 6.29 Å². The van der Waals surface area contributed by atoms with E-state index >= 15 is 0 Å². The third-order valence-electron chi connectivity index (χ3n) is 4.49. The van der Waals surface area contributed by atoms with Gasteiger partial charge in [-0.05, 0) is 48.5 Å². The summed E-state index contributed by atoms with van der Waals surface area (Å²) >= 11 is 0. The minimum atomic E-state index is -1.53. The van der Waals surface area contributed by atoms with Gasteiger partial charge in [-0.3, -0.25) is 4.79 Å². The number of ketones is 1. The summed E-state index contributed by atoms with van der Waals surface area (Å²) in [5, 5.41) is 47.6. The van der Waals surface area contributed by atoms with Crippen molar-refractivity contribution in [2.75, 3.05) is 6.61 Å². The Morgan fingerprint density at radius 2 is 1.54 bits per heavy atom. The molecule has 1 aliphatic heterocycles. The molecule has 8 heteroatoms. The Bertz CT molecular complexity index is 858. The van der Waals surface area contributed by atoms with Crippen LogP contribution in [0.25, 0.3) is 0 Å². The third kappa shape index (κ3) is 4.04. The van der Waals surface area contributed by atoms with Crippen LogP contribution in [0.3, 0.4) is 0 Å². The fraction of sp³-hybridized carbons (Fsp3) is 0.300. The zero-order valence-electron chi connectivity index (χ0n) is 14.7. The highest BCUT2D eigenvalue weighted by molar-refractivity contribution is 6.09. The molecule has 1 heterocycles. The summed E-state index contributed by atoms with van der Waals surface area (Å²) in [6.07, 6.45) is -6.88. The Morgan fingerprint density at radius 3 is 2.07 bits per heavy atom. The summed E-state index contributed by atoms with van der Waals surface area (Å²) in [6.45, 7) is -0.553. The molecule has 0 unspecified atom stereocenters. The zero-order chi connectivity index (χ0) is 20.3. The predicted molar refractivity (Wildman–Crippen MR) is 95.4 cm³/mol. The van der Waals surface area contributed by atoms with E-state index in [1.54, 1.807) is 24.3 Å². The molecule has 1 saturated heterocycles. The molecule has 0 aliphatic carbocycles. The lowest BCUT2D eigenvalue weighted by molar-refractivity contribution is -0.277. The first-order chi connectivity index (χ1) is 13.4. The molecule has 0 saturated carbocycles. The molecule has 8 nitrogen and oxygen atoms in total. The third-order valence-corrected chi connectivity index (χ3v) is 4.49. The quantitative estimate of drug-likeness (QED) is 0.526. The van der Waals surface area contributed by atoms with Gasteiger partial charge in [-0.25, -0.2) is 0 Å². The molecule has 0 aromatic heterocycles. The highest BCUT2D eigenvalue weighted by Gasteiger charge is 2.44. The maximum Gasteiger partial charge on any atom is 0.229 e. The minimum absolute atomic E-state index is 0.233. The minimum Gasteiger partial charge on any atom is -0.462 e. The molecule has 5 atom stereocenters. The summed E-state index contributed by atoms with van der Waals surface area (Å²) in [5.74, 6) is 0.0320. The first-order valence-electron chi connectivity index (χ1n) is 8.56. The van der Waals surface area contributed by atoms with Gasteiger partial charge in [-0.15, -0.1) is 0 Å². The van der Waals surface area contributed by atoms with E-state index in [0.29, 0.717) is 16.7 Å². The molecule has 2 aromatic carbocycles. The van der Waals surface area contributed by atoms with Crippen molar-refractivity contribution in [2.45, 2.75) is 30.7 Å². The van der Waals surface area contributed by atoms with Gasteiger partial charge in [0.1, 0.15) is 30.2 Å². The van der Waals surface area contributed by atoms with Crippen molar-refractivity contribution in [3.8, 4) is 11.8 Å². The summed E-state index contributed by atoms with van der Waals surface area (Å²) in [6, 6.07) is 14.3. The number of benzene rings is 2.